The minimum Gasteiger partial charge on any atom is -0.497 e. The lowest BCUT2D eigenvalue weighted by Gasteiger charge is -2.00. The highest BCUT2D eigenvalue weighted by Crippen LogP contribution is 2.16. The molecule has 0 unspecified atom stereocenters. The summed E-state index contributed by atoms with van der Waals surface area (Å²) in [6, 6.07) is 13.4. The molecule has 21 heavy (non-hydrogen) atoms. The lowest BCUT2D eigenvalue weighted by molar-refractivity contribution is 0.415. The van der Waals surface area contributed by atoms with Gasteiger partial charge in [-0.15, -0.1) is 0 Å². The number of hydrogen-bond donors (Lipinski definition) is 1. The van der Waals surface area contributed by atoms with Gasteiger partial charge in [-0.3, -0.25) is 0 Å². The summed E-state index contributed by atoms with van der Waals surface area (Å²) in [6.45, 7) is 0. The molecule has 0 radical (unpaired) electrons. The van der Waals surface area contributed by atoms with Gasteiger partial charge in [0.1, 0.15) is 5.75 Å². The minimum absolute atomic E-state index is 0.656. The first-order valence-electron chi connectivity index (χ1n) is 6.59. The van der Waals surface area contributed by atoms with Crippen molar-refractivity contribution in [3.05, 3.63) is 60.0 Å². The van der Waals surface area contributed by atoms with Crippen LogP contribution in [-0.4, -0.2) is 17.1 Å². The highest BCUT2D eigenvalue weighted by atomic mass is 16.5. The van der Waals surface area contributed by atoms with Crippen molar-refractivity contribution in [1.82, 2.24) is 9.97 Å². The summed E-state index contributed by atoms with van der Waals surface area (Å²) < 4.78 is 5.13. The van der Waals surface area contributed by atoms with E-state index in [1.165, 1.54) is 0 Å². The Balaban J connectivity index is 1.87. The number of nitrogens with two attached hydrogens (primary N) is 1. The first-order chi connectivity index (χ1) is 10.2. The summed E-state index contributed by atoms with van der Waals surface area (Å²) in [6.07, 6.45) is 5.65. The number of fused-ring (bicyclic) bond motifs is 1. The standard InChI is InChI=1S/C17H15N3O/c1-21-15-7-2-12(3-8-15)4-9-17-19-11-13-5-6-14(18)10-16(13)20-17/h2-11H,18H2,1H3/b9-4+. The molecule has 0 fully saturated rings. The summed E-state index contributed by atoms with van der Waals surface area (Å²) in [5.41, 5.74) is 8.39. The van der Waals surface area contributed by atoms with E-state index < -0.39 is 0 Å². The lowest BCUT2D eigenvalue weighted by Crippen LogP contribution is -1.90. The number of ether oxygens (including phenoxy) is 1. The van der Waals surface area contributed by atoms with Crippen molar-refractivity contribution in [2.75, 3.05) is 12.8 Å². The molecule has 0 amide bonds. The van der Waals surface area contributed by atoms with Crippen molar-refractivity contribution in [1.29, 1.82) is 0 Å². The third-order valence-corrected chi connectivity index (χ3v) is 3.17. The van der Waals surface area contributed by atoms with Crippen LogP contribution in [0.5, 0.6) is 5.75 Å². The second kappa shape index (κ2) is 5.63. The smallest absolute Gasteiger partial charge is 0.152 e. The molecule has 0 atom stereocenters. The predicted molar refractivity (Wildman–Crippen MR) is 85.9 cm³/mol. The van der Waals surface area contributed by atoms with Crippen molar-refractivity contribution in [2.45, 2.75) is 0 Å². The Bertz CT molecular complexity index is 795. The fourth-order valence-electron chi connectivity index (χ4n) is 2.02. The molecule has 0 saturated carbocycles. The third-order valence-electron chi connectivity index (χ3n) is 3.17. The normalized spacial score (nSPS) is 11.1. The van der Waals surface area contributed by atoms with Crippen molar-refractivity contribution in [3.63, 3.8) is 0 Å². The molecule has 0 saturated heterocycles. The van der Waals surface area contributed by atoms with Gasteiger partial charge in [-0.2, -0.15) is 0 Å². The van der Waals surface area contributed by atoms with E-state index in [0.717, 1.165) is 22.2 Å². The fourth-order valence-corrected chi connectivity index (χ4v) is 2.02. The van der Waals surface area contributed by atoms with E-state index >= 15 is 0 Å². The summed E-state index contributed by atoms with van der Waals surface area (Å²) in [7, 11) is 1.65. The molecule has 3 aromatic rings. The van der Waals surface area contributed by atoms with E-state index in [0.29, 0.717) is 11.5 Å². The Morgan fingerprint density at radius 2 is 1.86 bits per heavy atom. The van der Waals surface area contributed by atoms with Gasteiger partial charge in [-0.25, -0.2) is 9.97 Å². The zero-order valence-corrected chi connectivity index (χ0v) is 11.7. The zero-order valence-electron chi connectivity index (χ0n) is 11.7. The average molecular weight is 277 g/mol. The maximum atomic E-state index is 5.78. The van der Waals surface area contributed by atoms with Crippen LogP contribution in [0.15, 0.2) is 48.7 Å². The molecule has 0 aliphatic carbocycles. The molecule has 4 heteroatoms. The highest BCUT2D eigenvalue weighted by molar-refractivity contribution is 5.82. The molecule has 2 N–H and O–H groups in total. The maximum Gasteiger partial charge on any atom is 0.152 e. The minimum atomic E-state index is 0.656. The molecule has 1 aromatic heterocycles. The van der Waals surface area contributed by atoms with Gasteiger partial charge in [0, 0.05) is 17.3 Å². The van der Waals surface area contributed by atoms with Crippen LogP contribution in [0, 0.1) is 0 Å². The Kier molecular flexibility index (Phi) is 3.51. The maximum absolute atomic E-state index is 5.78. The van der Waals surface area contributed by atoms with Gasteiger partial charge in [-0.1, -0.05) is 18.2 Å². The van der Waals surface area contributed by atoms with Crippen molar-refractivity contribution < 1.29 is 4.74 Å². The van der Waals surface area contributed by atoms with Gasteiger partial charge in [0.15, 0.2) is 5.82 Å². The first-order valence-corrected chi connectivity index (χ1v) is 6.59. The van der Waals surface area contributed by atoms with Gasteiger partial charge in [0.05, 0.1) is 12.6 Å². The number of benzene rings is 2. The molecule has 3 rings (SSSR count). The summed E-state index contributed by atoms with van der Waals surface area (Å²) in [5.74, 6) is 1.49. The average Bonchev–Trinajstić information content (AvgIpc) is 2.53. The molecular weight excluding hydrogens is 262 g/mol. The summed E-state index contributed by atoms with van der Waals surface area (Å²) in [4.78, 5) is 8.80. The predicted octanol–water partition coefficient (Wildman–Crippen LogP) is 3.39. The van der Waals surface area contributed by atoms with Gasteiger partial charge in [-0.05, 0) is 42.0 Å². The van der Waals surface area contributed by atoms with Gasteiger partial charge in [0.2, 0.25) is 0 Å². The second-order valence-electron chi connectivity index (χ2n) is 4.65. The Morgan fingerprint density at radius 3 is 2.62 bits per heavy atom. The van der Waals surface area contributed by atoms with E-state index in [1.54, 1.807) is 13.3 Å². The molecule has 0 aliphatic heterocycles. The topological polar surface area (TPSA) is 61.0 Å². The van der Waals surface area contributed by atoms with Crippen LogP contribution < -0.4 is 10.5 Å². The molecule has 0 bridgehead atoms. The number of hydrogen-bond acceptors (Lipinski definition) is 4. The number of nitrogens with zero attached hydrogens (tertiary/aromatic N) is 2. The third kappa shape index (κ3) is 3.00. The van der Waals surface area contributed by atoms with Crippen LogP contribution in [0.25, 0.3) is 23.1 Å². The van der Waals surface area contributed by atoms with E-state index in [4.69, 9.17) is 10.5 Å². The van der Waals surface area contributed by atoms with E-state index in [2.05, 4.69) is 9.97 Å². The van der Waals surface area contributed by atoms with E-state index in [-0.39, 0.29) is 0 Å². The number of aromatic nitrogens is 2. The second-order valence-corrected chi connectivity index (χ2v) is 4.65. The first kappa shape index (κ1) is 13.1. The Morgan fingerprint density at radius 1 is 1.05 bits per heavy atom. The van der Waals surface area contributed by atoms with Crippen LogP contribution in [-0.2, 0) is 0 Å². The summed E-state index contributed by atoms with van der Waals surface area (Å²) in [5, 5.41) is 0.978. The molecular formula is C17H15N3O. The molecule has 4 nitrogen and oxygen atoms in total. The molecule has 2 aromatic carbocycles. The SMILES string of the molecule is COc1ccc(/C=C/c2ncc3ccc(N)cc3n2)cc1. The Hall–Kier alpha value is -2.88. The van der Waals surface area contributed by atoms with Crippen LogP contribution in [0.2, 0.25) is 0 Å². The molecule has 104 valence electrons. The molecule has 0 spiro atoms. The van der Waals surface area contributed by atoms with Crippen molar-refractivity contribution in [3.8, 4) is 5.75 Å². The number of rotatable bonds is 3. The number of methoxy groups -OCH3 is 1. The molecule has 1 heterocycles. The van der Waals surface area contributed by atoms with Crippen LogP contribution in [0.3, 0.4) is 0 Å². The Labute approximate surface area is 122 Å². The van der Waals surface area contributed by atoms with Crippen molar-refractivity contribution in [2.24, 2.45) is 0 Å². The fraction of sp³-hybridized carbons (Fsp3) is 0.0588. The highest BCUT2D eigenvalue weighted by Gasteiger charge is 1.98. The van der Waals surface area contributed by atoms with Gasteiger partial charge in [0.25, 0.3) is 0 Å². The van der Waals surface area contributed by atoms with Gasteiger partial charge >= 0.3 is 0 Å². The van der Waals surface area contributed by atoms with Crippen LogP contribution >= 0.6 is 0 Å². The van der Waals surface area contributed by atoms with Gasteiger partial charge < -0.3 is 10.5 Å². The lowest BCUT2D eigenvalue weighted by atomic mass is 10.2. The monoisotopic (exact) mass is 277 g/mol. The number of anilines is 1. The largest absolute Gasteiger partial charge is 0.497 e. The van der Waals surface area contributed by atoms with Crippen LogP contribution in [0.4, 0.5) is 5.69 Å². The quantitative estimate of drug-likeness (QED) is 0.745. The van der Waals surface area contributed by atoms with Crippen LogP contribution in [0.1, 0.15) is 11.4 Å². The van der Waals surface area contributed by atoms with E-state index in [1.807, 2.05) is 54.6 Å². The number of nitrogen functional groups attached to an aromatic ring is 1. The van der Waals surface area contributed by atoms with E-state index in [9.17, 15) is 0 Å². The zero-order chi connectivity index (χ0) is 14.7. The summed E-state index contributed by atoms with van der Waals surface area (Å²) >= 11 is 0. The van der Waals surface area contributed by atoms with Crippen molar-refractivity contribution >= 4 is 28.7 Å². The molecule has 0 aliphatic rings.